The van der Waals surface area contributed by atoms with Gasteiger partial charge in [0.1, 0.15) is 5.75 Å². The van der Waals surface area contributed by atoms with Crippen LogP contribution in [0.3, 0.4) is 0 Å². The summed E-state index contributed by atoms with van der Waals surface area (Å²) in [6, 6.07) is 6.95. The van der Waals surface area contributed by atoms with Crippen molar-refractivity contribution >= 4 is 6.08 Å². The Kier molecular flexibility index (Phi) is 2.96. The molecule has 1 aromatic rings. The third kappa shape index (κ3) is 2.50. The fraction of sp³-hybridized carbons (Fsp3) is 0. The van der Waals surface area contributed by atoms with E-state index in [0.717, 1.165) is 5.56 Å². The molecule has 0 saturated carbocycles. The van der Waals surface area contributed by atoms with Crippen molar-refractivity contribution in [2.45, 2.75) is 0 Å². The van der Waals surface area contributed by atoms with Crippen LogP contribution in [0, 0.1) is 0 Å². The van der Waals surface area contributed by atoms with Gasteiger partial charge in [0.2, 0.25) is 0 Å². The monoisotopic (exact) mass is 161 g/mol. The van der Waals surface area contributed by atoms with E-state index in [1.165, 1.54) is 6.20 Å². The summed E-state index contributed by atoms with van der Waals surface area (Å²) in [7, 11) is 0. The molecule has 0 spiro atoms. The first kappa shape index (κ1) is 8.40. The Bertz CT molecular complexity index is 285. The zero-order chi connectivity index (χ0) is 8.81. The number of hydrogen-bond donors (Lipinski definition) is 2. The maximum absolute atomic E-state index is 8.97. The van der Waals surface area contributed by atoms with Crippen molar-refractivity contribution in [2.75, 3.05) is 0 Å². The van der Waals surface area contributed by atoms with Crippen LogP contribution in [0.25, 0.3) is 6.08 Å². The van der Waals surface area contributed by atoms with Gasteiger partial charge in [-0.1, -0.05) is 24.3 Å². The molecule has 0 atom stereocenters. The fourth-order valence-corrected chi connectivity index (χ4v) is 0.816. The molecule has 0 amide bonds. The predicted molar refractivity (Wildman–Crippen MR) is 50.5 cm³/mol. The Morgan fingerprint density at radius 3 is 2.33 bits per heavy atom. The summed E-state index contributed by atoms with van der Waals surface area (Å²) in [4.78, 5) is 0. The van der Waals surface area contributed by atoms with Crippen LogP contribution in [0.5, 0.6) is 5.75 Å². The second-order valence-electron chi connectivity index (χ2n) is 2.34. The molecule has 0 aliphatic heterocycles. The van der Waals surface area contributed by atoms with Gasteiger partial charge in [0.15, 0.2) is 0 Å². The third-order valence-corrected chi connectivity index (χ3v) is 1.40. The maximum Gasteiger partial charge on any atom is 0.115 e. The zero-order valence-corrected chi connectivity index (χ0v) is 6.64. The SMILES string of the molecule is N/C=C/C=C\c1ccc(O)cc1. The van der Waals surface area contributed by atoms with Crippen molar-refractivity contribution in [3.05, 3.63) is 48.2 Å². The van der Waals surface area contributed by atoms with Crippen LogP contribution >= 0.6 is 0 Å². The van der Waals surface area contributed by atoms with Crippen molar-refractivity contribution in [1.29, 1.82) is 0 Å². The number of allylic oxidation sites excluding steroid dienone is 2. The molecule has 0 fully saturated rings. The average molecular weight is 161 g/mol. The Hall–Kier alpha value is -1.70. The molecule has 0 bridgehead atoms. The summed E-state index contributed by atoms with van der Waals surface area (Å²) in [5.74, 6) is 0.279. The quantitative estimate of drug-likeness (QED) is 0.650. The molecule has 1 rings (SSSR count). The normalized spacial score (nSPS) is 11.3. The van der Waals surface area contributed by atoms with Gasteiger partial charge in [-0.3, -0.25) is 0 Å². The highest BCUT2D eigenvalue weighted by molar-refractivity contribution is 5.51. The number of nitrogens with two attached hydrogens (primary N) is 1. The molecule has 62 valence electrons. The molecule has 0 aliphatic rings. The summed E-state index contributed by atoms with van der Waals surface area (Å²) in [6.45, 7) is 0. The summed E-state index contributed by atoms with van der Waals surface area (Å²) >= 11 is 0. The van der Waals surface area contributed by atoms with Crippen molar-refractivity contribution in [3.8, 4) is 5.75 Å². The minimum absolute atomic E-state index is 0.279. The lowest BCUT2D eigenvalue weighted by atomic mass is 10.2. The lowest BCUT2D eigenvalue weighted by molar-refractivity contribution is 0.475. The van der Waals surface area contributed by atoms with E-state index < -0.39 is 0 Å². The van der Waals surface area contributed by atoms with E-state index in [9.17, 15) is 0 Å². The van der Waals surface area contributed by atoms with Crippen molar-refractivity contribution in [3.63, 3.8) is 0 Å². The number of hydrogen-bond acceptors (Lipinski definition) is 2. The maximum atomic E-state index is 8.97. The molecular formula is C10H11NO. The number of aromatic hydroxyl groups is 1. The van der Waals surface area contributed by atoms with Crippen LogP contribution < -0.4 is 5.73 Å². The molecule has 2 nitrogen and oxygen atoms in total. The number of phenolic OH excluding ortho intramolecular Hbond substituents is 1. The second-order valence-corrected chi connectivity index (χ2v) is 2.34. The largest absolute Gasteiger partial charge is 0.508 e. The minimum atomic E-state index is 0.279. The first-order valence-electron chi connectivity index (χ1n) is 3.67. The number of benzene rings is 1. The van der Waals surface area contributed by atoms with Gasteiger partial charge in [-0.2, -0.15) is 0 Å². The molecule has 0 heterocycles. The first-order chi connectivity index (χ1) is 5.83. The van der Waals surface area contributed by atoms with E-state index in [0.29, 0.717) is 0 Å². The van der Waals surface area contributed by atoms with Crippen LogP contribution in [0.15, 0.2) is 42.6 Å². The van der Waals surface area contributed by atoms with E-state index in [-0.39, 0.29) is 5.75 Å². The summed E-state index contributed by atoms with van der Waals surface area (Å²) < 4.78 is 0. The van der Waals surface area contributed by atoms with Gasteiger partial charge in [-0.25, -0.2) is 0 Å². The standard InChI is InChI=1S/C10H11NO/c11-8-2-1-3-9-4-6-10(12)7-5-9/h1-8,12H,11H2/b3-1-,8-2+. The van der Waals surface area contributed by atoms with Gasteiger partial charge in [-0.15, -0.1) is 0 Å². The van der Waals surface area contributed by atoms with E-state index >= 15 is 0 Å². The van der Waals surface area contributed by atoms with E-state index in [1.54, 1.807) is 18.2 Å². The van der Waals surface area contributed by atoms with Crippen molar-refractivity contribution < 1.29 is 5.11 Å². The smallest absolute Gasteiger partial charge is 0.115 e. The van der Waals surface area contributed by atoms with Crippen LogP contribution in [0.1, 0.15) is 5.56 Å². The van der Waals surface area contributed by atoms with E-state index in [1.807, 2.05) is 24.3 Å². The molecule has 1 aromatic carbocycles. The Morgan fingerprint density at radius 1 is 1.08 bits per heavy atom. The topological polar surface area (TPSA) is 46.2 Å². The lowest BCUT2D eigenvalue weighted by Gasteiger charge is -1.92. The van der Waals surface area contributed by atoms with Gasteiger partial charge >= 0.3 is 0 Å². The number of phenols is 1. The van der Waals surface area contributed by atoms with Gasteiger partial charge < -0.3 is 10.8 Å². The van der Waals surface area contributed by atoms with Gasteiger partial charge in [0.05, 0.1) is 0 Å². The minimum Gasteiger partial charge on any atom is -0.508 e. The highest BCUT2D eigenvalue weighted by Crippen LogP contribution is 2.10. The van der Waals surface area contributed by atoms with E-state index in [4.69, 9.17) is 10.8 Å². The zero-order valence-electron chi connectivity index (χ0n) is 6.64. The van der Waals surface area contributed by atoms with Crippen LogP contribution in [0.4, 0.5) is 0 Å². The Labute approximate surface area is 71.6 Å². The van der Waals surface area contributed by atoms with Crippen LogP contribution in [-0.2, 0) is 0 Å². The van der Waals surface area contributed by atoms with Crippen LogP contribution in [-0.4, -0.2) is 5.11 Å². The third-order valence-electron chi connectivity index (χ3n) is 1.40. The predicted octanol–water partition coefficient (Wildman–Crippen LogP) is 1.88. The molecule has 0 radical (unpaired) electrons. The molecular weight excluding hydrogens is 150 g/mol. The fourth-order valence-electron chi connectivity index (χ4n) is 0.816. The highest BCUT2D eigenvalue weighted by atomic mass is 16.3. The molecule has 0 unspecified atom stereocenters. The van der Waals surface area contributed by atoms with Gasteiger partial charge in [0, 0.05) is 0 Å². The highest BCUT2D eigenvalue weighted by Gasteiger charge is 1.85. The number of rotatable bonds is 2. The van der Waals surface area contributed by atoms with Gasteiger partial charge in [-0.05, 0) is 30.0 Å². The summed E-state index contributed by atoms with van der Waals surface area (Å²) in [5, 5.41) is 8.97. The lowest BCUT2D eigenvalue weighted by Crippen LogP contribution is -1.73. The molecule has 0 saturated heterocycles. The van der Waals surface area contributed by atoms with Crippen molar-refractivity contribution in [2.24, 2.45) is 5.73 Å². The molecule has 3 N–H and O–H groups in total. The first-order valence-corrected chi connectivity index (χ1v) is 3.67. The molecule has 0 aromatic heterocycles. The van der Waals surface area contributed by atoms with Crippen LogP contribution in [0.2, 0.25) is 0 Å². The molecule has 0 aliphatic carbocycles. The van der Waals surface area contributed by atoms with Crippen molar-refractivity contribution in [1.82, 2.24) is 0 Å². The second kappa shape index (κ2) is 4.23. The molecule has 12 heavy (non-hydrogen) atoms. The Morgan fingerprint density at radius 2 is 1.75 bits per heavy atom. The Balaban J connectivity index is 2.70. The van der Waals surface area contributed by atoms with Gasteiger partial charge in [0.25, 0.3) is 0 Å². The summed E-state index contributed by atoms with van der Waals surface area (Å²) in [6.07, 6.45) is 6.96. The molecule has 2 heteroatoms. The summed E-state index contributed by atoms with van der Waals surface area (Å²) in [5.41, 5.74) is 6.18. The average Bonchev–Trinajstić information content (AvgIpc) is 2.09. The van der Waals surface area contributed by atoms with E-state index in [2.05, 4.69) is 0 Å².